The van der Waals surface area contributed by atoms with Gasteiger partial charge in [-0.25, -0.2) is 0 Å². The van der Waals surface area contributed by atoms with Gasteiger partial charge in [-0.3, -0.25) is 20.2 Å². The van der Waals surface area contributed by atoms with E-state index in [1.54, 1.807) is 6.08 Å². The van der Waals surface area contributed by atoms with Gasteiger partial charge in [0.1, 0.15) is 12.8 Å². The summed E-state index contributed by atoms with van der Waals surface area (Å²) in [5.41, 5.74) is 1.02. The molecule has 0 fully saturated rings. The van der Waals surface area contributed by atoms with Crippen molar-refractivity contribution in [2.75, 3.05) is 12.4 Å². The second-order valence-corrected chi connectivity index (χ2v) is 4.74. The second-order valence-electron chi connectivity index (χ2n) is 4.74. The molecule has 0 atom stereocenters. The number of hydrogen-bond acceptors (Lipinski definition) is 7. The number of oxime groups is 1. The molecule has 9 heteroatoms. The lowest BCUT2D eigenvalue weighted by atomic mass is 10.1. The highest BCUT2D eigenvalue weighted by Crippen LogP contribution is 2.29. The van der Waals surface area contributed by atoms with Gasteiger partial charge in [-0.05, 0) is 17.7 Å². The number of nitrogens with one attached hydrogen (secondary N) is 1. The lowest BCUT2D eigenvalue weighted by Gasteiger charge is -2.03. The minimum absolute atomic E-state index is 0.148. The number of nitro groups is 2. The van der Waals surface area contributed by atoms with Crippen molar-refractivity contribution in [2.45, 2.75) is 0 Å². The molecule has 0 saturated heterocycles. The van der Waals surface area contributed by atoms with E-state index < -0.39 is 9.85 Å². The Morgan fingerprint density at radius 2 is 1.80 bits per heavy atom. The third-order valence-electron chi connectivity index (χ3n) is 3.18. The van der Waals surface area contributed by atoms with Gasteiger partial charge in [0.15, 0.2) is 0 Å². The fraction of sp³-hybridized carbons (Fsp3) is 0.0625. The predicted molar refractivity (Wildman–Crippen MR) is 93.5 cm³/mol. The van der Waals surface area contributed by atoms with Crippen LogP contribution in [-0.4, -0.2) is 23.2 Å². The van der Waals surface area contributed by atoms with Gasteiger partial charge in [0.25, 0.3) is 11.4 Å². The van der Waals surface area contributed by atoms with Crippen LogP contribution in [0.3, 0.4) is 0 Å². The fourth-order valence-electron chi connectivity index (χ4n) is 2.02. The summed E-state index contributed by atoms with van der Waals surface area (Å²) in [6, 6.07) is 10.7. The van der Waals surface area contributed by atoms with Gasteiger partial charge in [-0.15, -0.1) is 0 Å². The van der Waals surface area contributed by atoms with Gasteiger partial charge in [0.05, 0.1) is 22.1 Å². The van der Waals surface area contributed by atoms with Crippen LogP contribution in [0.4, 0.5) is 17.1 Å². The summed E-state index contributed by atoms with van der Waals surface area (Å²) < 4.78 is 0. The first kappa shape index (κ1) is 17.6. The summed E-state index contributed by atoms with van der Waals surface area (Å²) in [5.74, 6) is 0. The minimum Gasteiger partial charge on any atom is -0.399 e. The van der Waals surface area contributed by atoms with E-state index >= 15 is 0 Å². The number of anilines is 1. The van der Waals surface area contributed by atoms with Gasteiger partial charge in [-0.2, -0.15) is 0 Å². The Labute approximate surface area is 142 Å². The second kappa shape index (κ2) is 8.20. The topological polar surface area (TPSA) is 120 Å². The molecule has 0 aliphatic rings. The van der Waals surface area contributed by atoms with Crippen LogP contribution < -0.4 is 5.32 Å². The van der Waals surface area contributed by atoms with E-state index in [2.05, 4.69) is 15.3 Å². The van der Waals surface area contributed by atoms with Crippen molar-refractivity contribution in [2.24, 2.45) is 5.16 Å². The predicted octanol–water partition coefficient (Wildman–Crippen LogP) is 3.57. The Bertz CT molecular complexity index is 848. The van der Waals surface area contributed by atoms with Crippen LogP contribution >= 0.6 is 0 Å². The molecule has 0 radical (unpaired) electrons. The Balaban J connectivity index is 2.24. The van der Waals surface area contributed by atoms with E-state index in [4.69, 9.17) is 0 Å². The first-order valence-corrected chi connectivity index (χ1v) is 7.04. The van der Waals surface area contributed by atoms with Gasteiger partial charge in [-0.1, -0.05) is 29.4 Å². The number of hydrogen-bond donors (Lipinski definition) is 1. The smallest absolute Gasteiger partial charge is 0.299 e. The fourth-order valence-corrected chi connectivity index (χ4v) is 2.02. The molecule has 0 saturated carbocycles. The highest BCUT2D eigenvalue weighted by Gasteiger charge is 2.18. The van der Waals surface area contributed by atoms with E-state index in [9.17, 15) is 20.2 Å². The molecule has 0 amide bonds. The zero-order chi connectivity index (χ0) is 18.2. The molecule has 0 aliphatic carbocycles. The van der Waals surface area contributed by atoms with E-state index in [-0.39, 0.29) is 17.1 Å². The standard InChI is InChI=1S/C16H14N4O5/c1-25-18-11-13-5-3-2-4-12(13)8-9-17-15-7-6-14(19(21)22)10-16(15)20(23)24/h2-11,17H,1H3/b9-8-,18-11+. The quantitative estimate of drug-likeness (QED) is 0.466. The van der Waals surface area contributed by atoms with Crippen molar-refractivity contribution < 1.29 is 14.7 Å². The van der Waals surface area contributed by atoms with Crippen molar-refractivity contribution >= 4 is 29.4 Å². The molecule has 128 valence electrons. The van der Waals surface area contributed by atoms with Gasteiger partial charge >= 0.3 is 0 Å². The van der Waals surface area contributed by atoms with E-state index in [0.717, 1.165) is 17.2 Å². The maximum absolute atomic E-state index is 11.1. The molecule has 0 aliphatic heterocycles. The molecule has 2 aromatic carbocycles. The number of rotatable bonds is 7. The van der Waals surface area contributed by atoms with Crippen molar-refractivity contribution in [1.29, 1.82) is 0 Å². The molecule has 1 N–H and O–H groups in total. The normalized spacial score (nSPS) is 10.9. The summed E-state index contributed by atoms with van der Waals surface area (Å²) in [5, 5.41) is 28.3. The van der Waals surface area contributed by atoms with Crippen LogP contribution in [-0.2, 0) is 4.84 Å². The summed E-state index contributed by atoms with van der Waals surface area (Å²) in [6.45, 7) is 0. The third-order valence-corrected chi connectivity index (χ3v) is 3.18. The summed E-state index contributed by atoms with van der Waals surface area (Å²) in [4.78, 5) is 25.1. The largest absolute Gasteiger partial charge is 0.399 e. The molecular formula is C16H14N4O5. The number of nitrogens with zero attached hydrogens (tertiary/aromatic N) is 3. The first-order chi connectivity index (χ1) is 12.0. The zero-order valence-electron chi connectivity index (χ0n) is 13.2. The zero-order valence-corrected chi connectivity index (χ0v) is 13.2. The average Bonchev–Trinajstić information content (AvgIpc) is 2.60. The monoisotopic (exact) mass is 342 g/mol. The van der Waals surface area contributed by atoms with Crippen LogP contribution in [0.5, 0.6) is 0 Å². The number of non-ortho nitro benzene ring substituents is 1. The first-order valence-electron chi connectivity index (χ1n) is 7.04. The molecule has 0 bridgehead atoms. The van der Waals surface area contributed by atoms with E-state index in [0.29, 0.717) is 0 Å². The molecule has 0 heterocycles. The summed E-state index contributed by atoms with van der Waals surface area (Å²) >= 11 is 0. The van der Waals surface area contributed by atoms with Crippen molar-refractivity contribution in [3.05, 3.63) is 80.0 Å². The Kier molecular flexibility index (Phi) is 5.77. The lowest BCUT2D eigenvalue weighted by molar-refractivity contribution is -0.393. The SMILES string of the molecule is CO/N=C/c1ccccc1/C=C\Nc1ccc([N+](=O)[O-])cc1[N+](=O)[O-]. The molecule has 2 rings (SSSR count). The Morgan fingerprint density at radius 1 is 1.08 bits per heavy atom. The average molecular weight is 342 g/mol. The van der Waals surface area contributed by atoms with Crippen LogP contribution in [0.25, 0.3) is 6.08 Å². The Hall–Kier alpha value is -3.75. The van der Waals surface area contributed by atoms with Crippen LogP contribution in [0.1, 0.15) is 11.1 Å². The summed E-state index contributed by atoms with van der Waals surface area (Å²) in [7, 11) is 1.43. The minimum atomic E-state index is -0.683. The molecule has 0 unspecified atom stereocenters. The maximum Gasteiger partial charge on any atom is 0.299 e. The van der Waals surface area contributed by atoms with Crippen molar-refractivity contribution in [3.63, 3.8) is 0 Å². The van der Waals surface area contributed by atoms with E-state index in [1.165, 1.54) is 31.7 Å². The van der Waals surface area contributed by atoms with E-state index in [1.807, 2.05) is 24.3 Å². The van der Waals surface area contributed by atoms with Crippen LogP contribution in [0, 0.1) is 20.2 Å². The molecule has 0 spiro atoms. The highest BCUT2D eigenvalue weighted by atomic mass is 16.6. The van der Waals surface area contributed by atoms with Gasteiger partial charge in [0.2, 0.25) is 0 Å². The Morgan fingerprint density at radius 3 is 2.44 bits per heavy atom. The molecule has 2 aromatic rings. The highest BCUT2D eigenvalue weighted by molar-refractivity contribution is 5.85. The van der Waals surface area contributed by atoms with Crippen molar-refractivity contribution in [3.8, 4) is 0 Å². The maximum atomic E-state index is 11.1. The lowest BCUT2D eigenvalue weighted by Crippen LogP contribution is -1.98. The molecule has 9 nitrogen and oxygen atoms in total. The molecule has 25 heavy (non-hydrogen) atoms. The van der Waals surface area contributed by atoms with Crippen molar-refractivity contribution in [1.82, 2.24) is 0 Å². The number of nitro benzene ring substituents is 2. The summed E-state index contributed by atoms with van der Waals surface area (Å²) in [6.07, 6.45) is 4.74. The molecular weight excluding hydrogens is 328 g/mol. The van der Waals surface area contributed by atoms with Crippen LogP contribution in [0.15, 0.2) is 53.8 Å². The number of benzene rings is 2. The van der Waals surface area contributed by atoms with Gasteiger partial charge in [0, 0.05) is 17.8 Å². The third kappa shape index (κ3) is 4.61. The molecule has 0 aromatic heterocycles. The van der Waals surface area contributed by atoms with Gasteiger partial charge < -0.3 is 10.2 Å². The van der Waals surface area contributed by atoms with Crippen LogP contribution in [0.2, 0.25) is 0 Å².